The van der Waals surface area contributed by atoms with Crippen molar-refractivity contribution >= 4 is 0 Å². The van der Waals surface area contributed by atoms with Crippen molar-refractivity contribution in [2.24, 2.45) is 5.73 Å². The first-order chi connectivity index (χ1) is 7.45. The van der Waals surface area contributed by atoms with Crippen molar-refractivity contribution in [3.63, 3.8) is 0 Å². The highest BCUT2D eigenvalue weighted by Crippen LogP contribution is 2.24. The Morgan fingerprint density at radius 2 is 1.56 bits per heavy atom. The normalized spacial score (nSPS) is 20.6. The van der Waals surface area contributed by atoms with Gasteiger partial charge >= 0.3 is 12.3 Å². The van der Waals surface area contributed by atoms with Gasteiger partial charge in [-0.1, -0.05) is 0 Å². The minimum atomic E-state index is -3.91. The highest BCUT2D eigenvalue weighted by atomic mass is 19.3. The molecule has 96 valence electrons. The van der Waals surface area contributed by atoms with Crippen LogP contribution in [0.1, 0.15) is 0 Å². The maximum absolute atomic E-state index is 12.8. The SMILES string of the molecule is NCCN1CCN(CC(F)(F)C(F)F)CC1. The van der Waals surface area contributed by atoms with Gasteiger partial charge in [-0.15, -0.1) is 0 Å². The van der Waals surface area contributed by atoms with Gasteiger partial charge < -0.3 is 5.73 Å². The molecule has 0 spiro atoms. The van der Waals surface area contributed by atoms with Gasteiger partial charge in [0.15, 0.2) is 0 Å². The number of alkyl halides is 4. The Kier molecular flexibility index (Phi) is 4.94. The van der Waals surface area contributed by atoms with Crippen molar-refractivity contribution in [3.05, 3.63) is 0 Å². The van der Waals surface area contributed by atoms with Crippen LogP contribution in [0.5, 0.6) is 0 Å². The van der Waals surface area contributed by atoms with Crippen LogP contribution in [0, 0.1) is 0 Å². The molecule has 1 aliphatic heterocycles. The van der Waals surface area contributed by atoms with E-state index in [0.29, 0.717) is 32.7 Å². The van der Waals surface area contributed by atoms with Gasteiger partial charge in [-0.3, -0.25) is 9.80 Å². The molecule has 0 aliphatic carbocycles. The Hall–Kier alpha value is -0.400. The Balaban J connectivity index is 2.32. The Morgan fingerprint density at radius 3 is 2.00 bits per heavy atom. The summed E-state index contributed by atoms with van der Waals surface area (Å²) in [7, 11) is 0. The molecule has 0 amide bonds. The smallest absolute Gasteiger partial charge is 0.319 e. The van der Waals surface area contributed by atoms with Crippen molar-refractivity contribution < 1.29 is 17.6 Å². The summed E-state index contributed by atoms with van der Waals surface area (Å²) in [5, 5.41) is 0. The lowest BCUT2D eigenvalue weighted by atomic mass is 10.2. The summed E-state index contributed by atoms with van der Waals surface area (Å²) in [6.07, 6.45) is -3.59. The van der Waals surface area contributed by atoms with E-state index in [9.17, 15) is 17.6 Å². The number of halogens is 4. The molecule has 1 fully saturated rings. The summed E-state index contributed by atoms with van der Waals surface area (Å²) in [6, 6.07) is 0. The van der Waals surface area contributed by atoms with Crippen LogP contribution in [-0.2, 0) is 0 Å². The number of rotatable bonds is 5. The van der Waals surface area contributed by atoms with E-state index in [0.717, 1.165) is 6.54 Å². The first-order valence-electron chi connectivity index (χ1n) is 5.26. The quantitative estimate of drug-likeness (QED) is 0.712. The van der Waals surface area contributed by atoms with Crippen LogP contribution in [0.25, 0.3) is 0 Å². The third kappa shape index (κ3) is 3.88. The van der Waals surface area contributed by atoms with Crippen molar-refractivity contribution in [3.8, 4) is 0 Å². The van der Waals surface area contributed by atoms with E-state index < -0.39 is 18.9 Å². The molecule has 0 radical (unpaired) electrons. The molecule has 16 heavy (non-hydrogen) atoms. The molecule has 0 atom stereocenters. The highest BCUT2D eigenvalue weighted by Gasteiger charge is 2.42. The summed E-state index contributed by atoms with van der Waals surface area (Å²) < 4.78 is 49.4. The predicted molar refractivity (Wildman–Crippen MR) is 52.9 cm³/mol. The molecule has 7 heteroatoms. The fourth-order valence-electron chi connectivity index (χ4n) is 1.72. The average molecular weight is 243 g/mol. The predicted octanol–water partition coefficient (Wildman–Crippen LogP) is 0.463. The Labute approximate surface area is 92.2 Å². The van der Waals surface area contributed by atoms with Gasteiger partial charge in [-0.05, 0) is 0 Å². The maximum Gasteiger partial charge on any atom is 0.319 e. The monoisotopic (exact) mass is 243 g/mol. The van der Waals surface area contributed by atoms with Crippen molar-refractivity contribution in [1.82, 2.24) is 9.80 Å². The summed E-state index contributed by atoms with van der Waals surface area (Å²) >= 11 is 0. The van der Waals surface area contributed by atoms with E-state index in [4.69, 9.17) is 5.73 Å². The lowest BCUT2D eigenvalue weighted by molar-refractivity contribution is -0.144. The van der Waals surface area contributed by atoms with E-state index in [1.165, 1.54) is 4.90 Å². The Bertz CT molecular complexity index is 205. The van der Waals surface area contributed by atoms with Gasteiger partial charge in [-0.2, -0.15) is 8.78 Å². The fraction of sp³-hybridized carbons (Fsp3) is 1.00. The summed E-state index contributed by atoms with van der Waals surface area (Å²) in [5.74, 6) is -3.91. The maximum atomic E-state index is 12.8. The minimum Gasteiger partial charge on any atom is -0.329 e. The molecular weight excluding hydrogens is 226 g/mol. The summed E-state index contributed by atoms with van der Waals surface area (Å²) in [6.45, 7) is 2.38. The van der Waals surface area contributed by atoms with Gasteiger partial charge in [0.25, 0.3) is 0 Å². The molecule has 0 aromatic heterocycles. The third-order valence-electron chi connectivity index (χ3n) is 2.66. The first-order valence-corrected chi connectivity index (χ1v) is 5.26. The van der Waals surface area contributed by atoms with E-state index >= 15 is 0 Å². The van der Waals surface area contributed by atoms with Crippen LogP contribution in [0.3, 0.4) is 0 Å². The topological polar surface area (TPSA) is 32.5 Å². The van der Waals surface area contributed by atoms with E-state index in [1.54, 1.807) is 0 Å². The zero-order valence-electron chi connectivity index (χ0n) is 9.01. The number of piperazine rings is 1. The van der Waals surface area contributed by atoms with Crippen LogP contribution >= 0.6 is 0 Å². The number of hydrogen-bond acceptors (Lipinski definition) is 3. The summed E-state index contributed by atoms with van der Waals surface area (Å²) in [5.41, 5.74) is 5.36. The fourth-order valence-corrected chi connectivity index (χ4v) is 1.72. The zero-order chi connectivity index (χ0) is 12.2. The zero-order valence-corrected chi connectivity index (χ0v) is 9.01. The standard InChI is InChI=1S/C9H17F4N3/c10-8(11)9(12,13)7-16-5-3-15(2-1-14)4-6-16/h8H,1-7,14H2. The number of hydrogen-bond donors (Lipinski definition) is 1. The first kappa shape index (κ1) is 13.7. The molecular formula is C9H17F4N3. The van der Waals surface area contributed by atoms with Gasteiger partial charge in [0.05, 0.1) is 6.54 Å². The van der Waals surface area contributed by atoms with Crippen molar-refractivity contribution in [2.45, 2.75) is 12.3 Å². The van der Waals surface area contributed by atoms with Crippen LogP contribution in [0.2, 0.25) is 0 Å². The van der Waals surface area contributed by atoms with Crippen LogP contribution in [-0.4, -0.2) is 68.0 Å². The van der Waals surface area contributed by atoms with E-state index in [1.807, 2.05) is 4.90 Å². The number of nitrogens with zero attached hydrogens (tertiary/aromatic N) is 2. The van der Waals surface area contributed by atoms with E-state index in [2.05, 4.69) is 0 Å². The molecule has 0 bridgehead atoms. The lowest BCUT2D eigenvalue weighted by Crippen LogP contribution is -2.52. The van der Waals surface area contributed by atoms with Crippen LogP contribution in [0.15, 0.2) is 0 Å². The minimum absolute atomic E-state index is 0.391. The van der Waals surface area contributed by atoms with Gasteiger partial charge in [0.1, 0.15) is 0 Å². The molecule has 1 rings (SSSR count). The Morgan fingerprint density at radius 1 is 1.06 bits per heavy atom. The second kappa shape index (κ2) is 5.79. The third-order valence-corrected chi connectivity index (χ3v) is 2.66. The van der Waals surface area contributed by atoms with Gasteiger partial charge in [0.2, 0.25) is 0 Å². The molecule has 1 aliphatic rings. The molecule has 2 N–H and O–H groups in total. The number of nitrogens with two attached hydrogens (primary N) is 1. The van der Waals surface area contributed by atoms with Crippen molar-refractivity contribution in [2.75, 3.05) is 45.8 Å². The largest absolute Gasteiger partial charge is 0.329 e. The second-order valence-corrected chi connectivity index (χ2v) is 3.97. The van der Waals surface area contributed by atoms with Crippen LogP contribution in [0.4, 0.5) is 17.6 Å². The summed E-state index contributed by atoms with van der Waals surface area (Å²) in [4.78, 5) is 3.41. The van der Waals surface area contributed by atoms with Gasteiger partial charge in [0, 0.05) is 39.3 Å². The second-order valence-electron chi connectivity index (χ2n) is 3.97. The molecule has 0 aromatic carbocycles. The highest BCUT2D eigenvalue weighted by molar-refractivity contribution is 4.79. The molecule has 0 aromatic rings. The average Bonchev–Trinajstić information content (AvgIpc) is 2.21. The van der Waals surface area contributed by atoms with Crippen LogP contribution < -0.4 is 5.73 Å². The molecule has 3 nitrogen and oxygen atoms in total. The lowest BCUT2D eigenvalue weighted by Gasteiger charge is -2.35. The molecule has 1 heterocycles. The molecule has 0 saturated carbocycles. The molecule has 0 unspecified atom stereocenters. The van der Waals surface area contributed by atoms with Gasteiger partial charge in [-0.25, -0.2) is 8.78 Å². The molecule has 1 saturated heterocycles. The van der Waals surface area contributed by atoms with E-state index in [-0.39, 0.29) is 0 Å². The van der Waals surface area contributed by atoms with Crippen molar-refractivity contribution in [1.29, 1.82) is 0 Å².